The third kappa shape index (κ3) is 6.47. The first kappa shape index (κ1) is 22.1. The van der Waals surface area contributed by atoms with E-state index in [4.69, 9.17) is 4.74 Å². The highest BCUT2D eigenvalue weighted by Gasteiger charge is 2.10. The van der Waals surface area contributed by atoms with Crippen molar-refractivity contribution in [2.45, 2.75) is 12.5 Å². The molecule has 7 nitrogen and oxygen atoms in total. The molecule has 0 saturated heterocycles. The Morgan fingerprint density at radius 2 is 1.68 bits per heavy atom. The van der Waals surface area contributed by atoms with E-state index in [2.05, 4.69) is 28.1 Å². The third-order valence-electron chi connectivity index (χ3n) is 4.88. The third-order valence-corrected chi connectivity index (χ3v) is 4.88. The average Bonchev–Trinajstić information content (AvgIpc) is 2.80. The maximum absolute atomic E-state index is 10.6. The number of amides is 1. The minimum Gasteiger partial charge on any atom is -0.506 e. The molecule has 0 bridgehead atoms. The molecule has 3 aromatic rings. The summed E-state index contributed by atoms with van der Waals surface area (Å²) in [5.74, 6) is 0.780. The van der Waals surface area contributed by atoms with E-state index in [-0.39, 0.29) is 11.4 Å². The minimum atomic E-state index is -0.746. The number of rotatable bonds is 11. The Morgan fingerprint density at radius 3 is 2.32 bits per heavy atom. The number of methoxy groups -OCH3 is 1. The number of nitrogens with one attached hydrogen (secondary N) is 3. The highest BCUT2D eigenvalue weighted by atomic mass is 16.5. The van der Waals surface area contributed by atoms with Crippen molar-refractivity contribution < 1.29 is 19.7 Å². The van der Waals surface area contributed by atoms with E-state index in [0.29, 0.717) is 25.1 Å². The smallest absolute Gasteiger partial charge is 0.211 e. The van der Waals surface area contributed by atoms with Crippen molar-refractivity contribution in [1.82, 2.24) is 5.32 Å². The van der Waals surface area contributed by atoms with Crippen molar-refractivity contribution >= 4 is 23.5 Å². The largest absolute Gasteiger partial charge is 0.506 e. The van der Waals surface area contributed by atoms with Crippen molar-refractivity contribution in [1.29, 1.82) is 0 Å². The first-order valence-corrected chi connectivity index (χ1v) is 10.0. The van der Waals surface area contributed by atoms with E-state index in [1.807, 2.05) is 36.4 Å². The minimum absolute atomic E-state index is 0.0408. The number of aromatic hydroxyl groups is 1. The molecule has 0 radical (unpaired) electrons. The van der Waals surface area contributed by atoms with Gasteiger partial charge in [0.1, 0.15) is 11.5 Å². The first-order valence-electron chi connectivity index (χ1n) is 10.0. The number of carbonyl (C=O) groups is 1. The van der Waals surface area contributed by atoms with Gasteiger partial charge in [-0.05, 0) is 72.6 Å². The van der Waals surface area contributed by atoms with Crippen molar-refractivity contribution in [3.05, 3.63) is 77.9 Å². The van der Waals surface area contributed by atoms with Crippen LogP contribution >= 0.6 is 0 Å². The van der Waals surface area contributed by atoms with Crippen LogP contribution in [0.2, 0.25) is 0 Å². The number of aliphatic hydroxyl groups is 1. The average molecular weight is 421 g/mol. The molecular formula is C24H27N3O4. The molecule has 31 heavy (non-hydrogen) atoms. The number of ether oxygens (including phenoxy) is 1. The van der Waals surface area contributed by atoms with Crippen molar-refractivity contribution in [3.8, 4) is 11.5 Å². The lowest BCUT2D eigenvalue weighted by Crippen LogP contribution is -2.23. The summed E-state index contributed by atoms with van der Waals surface area (Å²) in [7, 11) is 1.65. The van der Waals surface area contributed by atoms with Crippen molar-refractivity contribution in [3.63, 3.8) is 0 Å². The fraction of sp³-hybridized carbons (Fsp3) is 0.208. The van der Waals surface area contributed by atoms with E-state index in [1.54, 1.807) is 19.2 Å². The molecule has 1 atom stereocenters. The molecule has 3 aromatic carbocycles. The summed E-state index contributed by atoms with van der Waals surface area (Å²) in [4.78, 5) is 10.6. The molecule has 7 heteroatoms. The molecule has 0 aliphatic carbocycles. The van der Waals surface area contributed by atoms with Gasteiger partial charge in [0.25, 0.3) is 0 Å². The number of aliphatic hydroxyl groups excluding tert-OH is 1. The van der Waals surface area contributed by atoms with Gasteiger partial charge in [0.05, 0.1) is 18.9 Å². The summed E-state index contributed by atoms with van der Waals surface area (Å²) >= 11 is 0. The van der Waals surface area contributed by atoms with Crippen LogP contribution in [0, 0.1) is 0 Å². The van der Waals surface area contributed by atoms with Crippen LogP contribution in [-0.2, 0) is 11.2 Å². The Kier molecular flexibility index (Phi) is 7.86. The van der Waals surface area contributed by atoms with Crippen molar-refractivity contribution in [2.24, 2.45) is 0 Å². The predicted molar refractivity (Wildman–Crippen MR) is 122 cm³/mol. The van der Waals surface area contributed by atoms with Gasteiger partial charge in [-0.2, -0.15) is 0 Å². The van der Waals surface area contributed by atoms with Crippen molar-refractivity contribution in [2.75, 3.05) is 30.8 Å². The fourth-order valence-electron chi connectivity index (χ4n) is 3.13. The number of hydrogen-bond donors (Lipinski definition) is 5. The normalized spacial score (nSPS) is 11.5. The molecule has 0 unspecified atom stereocenters. The lowest BCUT2D eigenvalue weighted by Gasteiger charge is -2.14. The van der Waals surface area contributed by atoms with E-state index < -0.39 is 6.10 Å². The van der Waals surface area contributed by atoms with Gasteiger partial charge in [0, 0.05) is 17.9 Å². The van der Waals surface area contributed by atoms with Crippen LogP contribution in [0.15, 0.2) is 66.7 Å². The van der Waals surface area contributed by atoms with Crippen LogP contribution in [0.5, 0.6) is 11.5 Å². The van der Waals surface area contributed by atoms with Crippen LogP contribution in [0.3, 0.4) is 0 Å². The maximum atomic E-state index is 10.6. The van der Waals surface area contributed by atoms with Gasteiger partial charge in [0.15, 0.2) is 0 Å². The van der Waals surface area contributed by atoms with E-state index >= 15 is 0 Å². The molecule has 0 aliphatic heterocycles. The van der Waals surface area contributed by atoms with E-state index in [1.165, 1.54) is 11.6 Å². The number of benzene rings is 3. The molecule has 0 heterocycles. The predicted octanol–water partition coefficient (Wildman–Crippen LogP) is 3.58. The van der Waals surface area contributed by atoms with Gasteiger partial charge in [-0.15, -0.1) is 0 Å². The fourth-order valence-corrected chi connectivity index (χ4v) is 3.13. The molecule has 3 rings (SSSR count). The molecule has 5 N–H and O–H groups in total. The van der Waals surface area contributed by atoms with Gasteiger partial charge >= 0.3 is 0 Å². The molecule has 1 amide bonds. The standard InChI is InChI=1S/C24H27N3O4/c1-31-21-9-7-20(8-10-21)27-19-5-2-17(3-6-19)12-13-25-15-24(30)18-4-11-23(29)22(14-18)26-16-28/h2-11,14,16,24-25,27,29-30H,12-13,15H2,1H3,(H,26,28)/t24-/m1/s1. The van der Waals surface area contributed by atoms with Crippen LogP contribution in [0.1, 0.15) is 17.2 Å². The summed E-state index contributed by atoms with van der Waals surface area (Å²) in [5.41, 5.74) is 4.07. The van der Waals surface area contributed by atoms with Crippen LogP contribution in [-0.4, -0.2) is 36.8 Å². The van der Waals surface area contributed by atoms with E-state index in [0.717, 1.165) is 23.5 Å². The summed E-state index contributed by atoms with van der Waals surface area (Å²) in [6.45, 7) is 1.07. The SMILES string of the molecule is COc1ccc(Nc2ccc(CCNC[C@@H](O)c3ccc(O)c(NC=O)c3)cc2)cc1. The van der Waals surface area contributed by atoms with E-state index in [9.17, 15) is 15.0 Å². The number of carbonyl (C=O) groups excluding carboxylic acids is 1. The second kappa shape index (κ2) is 11.0. The quantitative estimate of drug-likeness (QED) is 0.184. The molecule has 0 fully saturated rings. The number of hydrogen-bond acceptors (Lipinski definition) is 6. The molecule has 0 aliphatic rings. The Bertz CT molecular complexity index is 975. The lowest BCUT2D eigenvalue weighted by atomic mass is 10.1. The van der Waals surface area contributed by atoms with Gasteiger partial charge in [-0.25, -0.2) is 0 Å². The van der Waals surface area contributed by atoms with Gasteiger partial charge < -0.3 is 30.9 Å². The first-order chi connectivity index (χ1) is 15.1. The highest BCUT2D eigenvalue weighted by Crippen LogP contribution is 2.26. The number of phenolic OH excluding ortho intramolecular Hbond substituents is 1. The van der Waals surface area contributed by atoms with Gasteiger partial charge in [0.2, 0.25) is 6.41 Å². The summed E-state index contributed by atoms with van der Waals surface area (Å²) in [6, 6.07) is 20.6. The second-order valence-electron chi connectivity index (χ2n) is 7.06. The number of phenols is 1. The highest BCUT2D eigenvalue weighted by molar-refractivity contribution is 5.75. The Morgan fingerprint density at radius 1 is 1.00 bits per heavy atom. The molecule has 0 aromatic heterocycles. The summed E-state index contributed by atoms with van der Waals surface area (Å²) < 4.78 is 5.17. The Hall–Kier alpha value is -3.55. The molecule has 162 valence electrons. The summed E-state index contributed by atoms with van der Waals surface area (Å²) in [5, 5.41) is 29.0. The van der Waals surface area contributed by atoms with Crippen LogP contribution in [0.4, 0.5) is 17.1 Å². The Labute approximate surface area is 181 Å². The Balaban J connectivity index is 1.44. The molecule has 0 saturated carbocycles. The second-order valence-corrected chi connectivity index (χ2v) is 7.06. The zero-order valence-electron chi connectivity index (χ0n) is 17.3. The lowest BCUT2D eigenvalue weighted by molar-refractivity contribution is -0.105. The molecular weight excluding hydrogens is 394 g/mol. The summed E-state index contributed by atoms with van der Waals surface area (Å²) in [6.07, 6.45) is 0.563. The zero-order chi connectivity index (χ0) is 22.1. The van der Waals surface area contributed by atoms with Gasteiger partial charge in [-0.3, -0.25) is 4.79 Å². The van der Waals surface area contributed by atoms with Gasteiger partial charge in [-0.1, -0.05) is 18.2 Å². The zero-order valence-corrected chi connectivity index (χ0v) is 17.3. The number of anilines is 3. The topological polar surface area (TPSA) is 103 Å². The monoisotopic (exact) mass is 421 g/mol. The molecule has 0 spiro atoms. The van der Waals surface area contributed by atoms with Crippen LogP contribution < -0.4 is 20.7 Å². The maximum Gasteiger partial charge on any atom is 0.211 e. The van der Waals surface area contributed by atoms with Crippen LogP contribution in [0.25, 0.3) is 0 Å².